The van der Waals surface area contributed by atoms with Crippen LogP contribution in [-0.4, -0.2) is 11.2 Å². The SMILES string of the molecule is CC(C)(C)c1ccc(C=O)c([N+](=O)[O-])c1C(C)(C)C. The Hall–Kier alpha value is -1.71. The number of hydrogen-bond acceptors (Lipinski definition) is 3. The molecule has 0 aliphatic rings. The first kappa shape index (κ1) is 15.3. The first-order valence-electron chi connectivity index (χ1n) is 6.27. The molecule has 0 saturated carbocycles. The molecule has 0 bridgehead atoms. The van der Waals surface area contributed by atoms with Gasteiger partial charge in [-0.2, -0.15) is 0 Å². The highest BCUT2D eigenvalue weighted by Crippen LogP contribution is 2.40. The van der Waals surface area contributed by atoms with Gasteiger partial charge in [-0.3, -0.25) is 14.9 Å². The largest absolute Gasteiger partial charge is 0.298 e. The summed E-state index contributed by atoms with van der Waals surface area (Å²) in [5.41, 5.74) is 1.03. The molecule has 19 heavy (non-hydrogen) atoms. The lowest BCUT2D eigenvalue weighted by Crippen LogP contribution is -2.24. The molecule has 4 nitrogen and oxygen atoms in total. The van der Waals surface area contributed by atoms with Gasteiger partial charge < -0.3 is 0 Å². The van der Waals surface area contributed by atoms with Crippen LogP contribution >= 0.6 is 0 Å². The summed E-state index contributed by atoms with van der Waals surface area (Å²) in [5.74, 6) is 0. The number of nitrogens with zero attached hydrogens (tertiary/aromatic N) is 1. The van der Waals surface area contributed by atoms with Crippen LogP contribution in [0.3, 0.4) is 0 Å². The maximum Gasteiger partial charge on any atom is 0.283 e. The Morgan fingerprint density at radius 2 is 1.58 bits per heavy atom. The van der Waals surface area contributed by atoms with E-state index >= 15 is 0 Å². The molecular weight excluding hydrogens is 242 g/mol. The third kappa shape index (κ3) is 3.00. The zero-order valence-electron chi connectivity index (χ0n) is 12.4. The third-order valence-electron chi connectivity index (χ3n) is 3.08. The number of hydrogen-bond donors (Lipinski definition) is 0. The van der Waals surface area contributed by atoms with Gasteiger partial charge in [-0.25, -0.2) is 0 Å². The molecule has 0 aromatic heterocycles. The number of nitro benzene ring substituents is 1. The van der Waals surface area contributed by atoms with Crippen molar-refractivity contribution in [2.75, 3.05) is 0 Å². The molecule has 0 spiro atoms. The Balaban J connectivity index is 3.86. The van der Waals surface area contributed by atoms with Gasteiger partial charge in [0.1, 0.15) is 0 Å². The fourth-order valence-electron chi connectivity index (χ4n) is 2.28. The second-order valence-electron chi connectivity index (χ2n) is 6.80. The molecule has 104 valence electrons. The van der Waals surface area contributed by atoms with Gasteiger partial charge in [0.15, 0.2) is 6.29 Å². The van der Waals surface area contributed by atoms with Gasteiger partial charge in [0.05, 0.1) is 10.5 Å². The Kier molecular flexibility index (Phi) is 3.84. The normalized spacial score (nSPS) is 12.3. The quantitative estimate of drug-likeness (QED) is 0.460. The summed E-state index contributed by atoms with van der Waals surface area (Å²) in [4.78, 5) is 22.0. The lowest BCUT2D eigenvalue weighted by Gasteiger charge is -2.29. The van der Waals surface area contributed by atoms with Gasteiger partial charge in [-0.15, -0.1) is 0 Å². The Morgan fingerprint density at radius 3 is 1.89 bits per heavy atom. The predicted molar refractivity (Wildman–Crippen MR) is 75.9 cm³/mol. The van der Waals surface area contributed by atoms with Crippen LogP contribution in [0.4, 0.5) is 5.69 Å². The number of nitro groups is 1. The van der Waals surface area contributed by atoms with Gasteiger partial charge in [-0.1, -0.05) is 47.6 Å². The highest BCUT2D eigenvalue weighted by atomic mass is 16.6. The van der Waals surface area contributed by atoms with Gasteiger partial charge in [0, 0.05) is 5.56 Å². The van der Waals surface area contributed by atoms with Crippen molar-refractivity contribution < 1.29 is 9.72 Å². The average Bonchev–Trinajstić information content (AvgIpc) is 2.24. The molecule has 0 aliphatic heterocycles. The standard InChI is InChI=1S/C15H21NO3/c1-14(2,3)11-8-7-10(9-17)13(16(18)19)12(11)15(4,5)6/h7-9H,1-6H3. The monoisotopic (exact) mass is 263 g/mol. The van der Waals surface area contributed by atoms with E-state index in [2.05, 4.69) is 0 Å². The molecule has 0 aliphatic carbocycles. The van der Waals surface area contributed by atoms with E-state index in [4.69, 9.17) is 0 Å². The minimum Gasteiger partial charge on any atom is -0.298 e. The van der Waals surface area contributed by atoms with E-state index in [1.165, 1.54) is 0 Å². The molecule has 4 heteroatoms. The van der Waals surface area contributed by atoms with Crippen LogP contribution in [0.25, 0.3) is 0 Å². The summed E-state index contributed by atoms with van der Waals surface area (Å²) in [7, 11) is 0. The second-order valence-corrected chi connectivity index (χ2v) is 6.80. The van der Waals surface area contributed by atoms with E-state index in [0.717, 1.165) is 5.56 Å². The summed E-state index contributed by atoms with van der Waals surface area (Å²) in [6.45, 7) is 11.8. The van der Waals surface area contributed by atoms with Crippen molar-refractivity contribution in [1.29, 1.82) is 0 Å². The first-order chi connectivity index (χ1) is 8.50. The maximum atomic E-state index is 11.4. The molecule has 0 atom stereocenters. The van der Waals surface area contributed by atoms with Crippen LogP contribution in [0, 0.1) is 10.1 Å². The fraction of sp³-hybridized carbons (Fsp3) is 0.533. The van der Waals surface area contributed by atoms with Crippen LogP contribution in [0.5, 0.6) is 0 Å². The highest BCUT2D eigenvalue weighted by molar-refractivity contribution is 5.83. The van der Waals surface area contributed by atoms with E-state index in [1.54, 1.807) is 6.07 Å². The third-order valence-corrected chi connectivity index (χ3v) is 3.08. The minimum atomic E-state index is -0.445. The van der Waals surface area contributed by atoms with Gasteiger partial charge >= 0.3 is 0 Å². The predicted octanol–water partition coefficient (Wildman–Crippen LogP) is 4.00. The summed E-state index contributed by atoms with van der Waals surface area (Å²) < 4.78 is 0. The lowest BCUT2D eigenvalue weighted by molar-refractivity contribution is -0.386. The maximum absolute atomic E-state index is 11.4. The van der Waals surface area contributed by atoms with Crippen molar-refractivity contribution in [3.63, 3.8) is 0 Å². The van der Waals surface area contributed by atoms with Crippen LogP contribution in [-0.2, 0) is 10.8 Å². The number of benzene rings is 1. The Bertz CT molecular complexity index is 519. The number of aldehydes is 1. The minimum absolute atomic E-state index is 0.0603. The van der Waals surface area contributed by atoms with Crippen LogP contribution < -0.4 is 0 Å². The molecule has 1 aromatic carbocycles. The van der Waals surface area contributed by atoms with Crippen molar-refractivity contribution in [2.45, 2.75) is 52.4 Å². The summed E-state index contributed by atoms with van der Waals surface area (Å²) in [6, 6.07) is 3.37. The molecule has 0 amide bonds. The summed E-state index contributed by atoms with van der Waals surface area (Å²) in [6.07, 6.45) is 0.555. The Labute approximate surface area is 114 Å². The lowest BCUT2D eigenvalue weighted by atomic mass is 9.73. The van der Waals surface area contributed by atoms with E-state index in [9.17, 15) is 14.9 Å². The molecular formula is C15H21NO3. The molecule has 0 fully saturated rings. The number of carbonyl (C=O) groups is 1. The summed E-state index contributed by atoms with van der Waals surface area (Å²) in [5, 5.41) is 11.4. The first-order valence-corrected chi connectivity index (χ1v) is 6.27. The van der Waals surface area contributed by atoms with E-state index in [1.807, 2.05) is 47.6 Å². The number of rotatable bonds is 2. The van der Waals surface area contributed by atoms with Gasteiger partial charge in [0.25, 0.3) is 5.69 Å². The highest BCUT2D eigenvalue weighted by Gasteiger charge is 2.34. The van der Waals surface area contributed by atoms with Gasteiger partial charge in [-0.05, 0) is 22.5 Å². The molecule has 1 aromatic rings. The zero-order chi connectivity index (χ0) is 15.0. The van der Waals surface area contributed by atoms with Crippen LogP contribution in [0.15, 0.2) is 12.1 Å². The second kappa shape index (κ2) is 4.76. The Morgan fingerprint density at radius 1 is 1.05 bits per heavy atom. The van der Waals surface area contributed by atoms with E-state index < -0.39 is 10.3 Å². The molecule has 0 unspecified atom stereocenters. The average molecular weight is 263 g/mol. The number of carbonyl (C=O) groups excluding carboxylic acids is 1. The van der Waals surface area contributed by atoms with Crippen molar-refractivity contribution in [1.82, 2.24) is 0 Å². The van der Waals surface area contributed by atoms with Crippen molar-refractivity contribution in [2.24, 2.45) is 0 Å². The molecule has 0 saturated heterocycles. The van der Waals surface area contributed by atoms with Crippen LogP contribution in [0.2, 0.25) is 0 Å². The van der Waals surface area contributed by atoms with E-state index in [-0.39, 0.29) is 16.7 Å². The summed E-state index contributed by atoms with van der Waals surface area (Å²) >= 11 is 0. The zero-order valence-corrected chi connectivity index (χ0v) is 12.4. The molecule has 1 rings (SSSR count). The van der Waals surface area contributed by atoms with Crippen molar-refractivity contribution in [3.05, 3.63) is 38.9 Å². The topological polar surface area (TPSA) is 60.2 Å². The molecule has 0 N–H and O–H groups in total. The smallest absolute Gasteiger partial charge is 0.283 e. The molecule has 0 heterocycles. The van der Waals surface area contributed by atoms with E-state index in [0.29, 0.717) is 11.8 Å². The van der Waals surface area contributed by atoms with Crippen LogP contribution in [0.1, 0.15) is 63.0 Å². The fourth-order valence-corrected chi connectivity index (χ4v) is 2.28. The van der Waals surface area contributed by atoms with Gasteiger partial charge in [0.2, 0.25) is 0 Å². The van der Waals surface area contributed by atoms with Crippen molar-refractivity contribution in [3.8, 4) is 0 Å². The van der Waals surface area contributed by atoms with Crippen molar-refractivity contribution >= 4 is 12.0 Å². The molecule has 0 radical (unpaired) electrons.